The number of ether oxygens (including phenoxy) is 1. The van der Waals surface area contributed by atoms with Crippen LogP contribution in [0, 0.1) is 0 Å². The molecule has 0 bridgehead atoms. The van der Waals surface area contributed by atoms with Gasteiger partial charge in [-0.1, -0.05) is 55.5 Å². The van der Waals surface area contributed by atoms with Gasteiger partial charge in [0.1, 0.15) is 6.54 Å². The molecule has 7 nitrogen and oxygen atoms in total. The van der Waals surface area contributed by atoms with Crippen molar-refractivity contribution in [3.8, 4) is 0 Å². The number of carbonyl (C=O) groups excluding carboxylic acids is 3. The highest BCUT2D eigenvalue weighted by molar-refractivity contribution is 8.18. The van der Waals surface area contributed by atoms with Crippen LogP contribution in [0.1, 0.15) is 23.6 Å². The molecule has 1 aromatic heterocycles. The number of aromatic nitrogens is 1. The number of para-hydroxylation sites is 1. The lowest BCUT2D eigenvalue weighted by Gasteiger charge is -2.12. The van der Waals surface area contributed by atoms with Gasteiger partial charge in [-0.2, -0.15) is 0 Å². The lowest BCUT2D eigenvalue weighted by atomic mass is 10.1. The third kappa shape index (κ3) is 5.66. The topological polar surface area (TPSA) is 80.6 Å². The van der Waals surface area contributed by atoms with Crippen molar-refractivity contribution < 1.29 is 19.1 Å². The minimum Gasteiger partial charge on any atom is -0.383 e. The molecule has 0 saturated carbocycles. The van der Waals surface area contributed by atoms with E-state index in [-0.39, 0.29) is 23.6 Å². The molecule has 1 aliphatic rings. The molecule has 8 heteroatoms. The van der Waals surface area contributed by atoms with E-state index in [1.54, 1.807) is 13.2 Å². The molecular formula is C27H29N3O4S. The van der Waals surface area contributed by atoms with Crippen molar-refractivity contribution in [2.24, 2.45) is 0 Å². The summed E-state index contributed by atoms with van der Waals surface area (Å²) in [5.41, 5.74) is 3.97. The fourth-order valence-corrected chi connectivity index (χ4v) is 5.07. The standard InChI is InChI=1S/C27H29N3O4S/c1-3-20-10-7-11-22-21(17-29(25(20)22)18-24(31)28-13-15-34-2)16-23-26(32)30(27(33)35-23)14-12-19-8-5-4-6-9-19/h4-11,16-17H,3,12-15,18H2,1-2H3,(H,28,31)/b23-16-. The minimum atomic E-state index is -0.277. The number of fused-ring (bicyclic) bond motifs is 1. The summed E-state index contributed by atoms with van der Waals surface area (Å²) in [6.07, 6.45) is 5.08. The zero-order valence-electron chi connectivity index (χ0n) is 20.0. The van der Waals surface area contributed by atoms with Crippen LogP contribution in [0.25, 0.3) is 17.0 Å². The lowest BCUT2D eigenvalue weighted by Crippen LogP contribution is -2.30. The van der Waals surface area contributed by atoms with E-state index in [1.165, 1.54) is 4.90 Å². The van der Waals surface area contributed by atoms with E-state index in [2.05, 4.69) is 12.2 Å². The smallest absolute Gasteiger partial charge is 0.293 e. The molecule has 182 valence electrons. The van der Waals surface area contributed by atoms with E-state index in [4.69, 9.17) is 4.74 Å². The Morgan fingerprint density at radius 2 is 1.91 bits per heavy atom. The number of amides is 3. The Bertz CT molecular complexity index is 1270. The maximum Gasteiger partial charge on any atom is 0.293 e. The van der Waals surface area contributed by atoms with Gasteiger partial charge in [-0.15, -0.1) is 0 Å². The number of hydrogen-bond acceptors (Lipinski definition) is 5. The van der Waals surface area contributed by atoms with Gasteiger partial charge in [0.15, 0.2) is 0 Å². The quantitative estimate of drug-likeness (QED) is 0.339. The van der Waals surface area contributed by atoms with Gasteiger partial charge in [0, 0.05) is 37.3 Å². The number of methoxy groups -OCH3 is 1. The molecule has 0 atom stereocenters. The molecule has 1 aliphatic heterocycles. The Kier molecular flexibility index (Phi) is 8.05. The third-order valence-corrected chi connectivity index (χ3v) is 6.87. The van der Waals surface area contributed by atoms with Crippen LogP contribution in [-0.2, 0) is 33.7 Å². The highest BCUT2D eigenvalue weighted by Gasteiger charge is 2.34. The number of thioether (sulfide) groups is 1. The van der Waals surface area contributed by atoms with Crippen LogP contribution in [0.15, 0.2) is 59.6 Å². The summed E-state index contributed by atoms with van der Waals surface area (Å²) in [6.45, 7) is 3.46. The van der Waals surface area contributed by atoms with E-state index in [1.807, 2.05) is 59.3 Å². The number of rotatable bonds is 10. The predicted molar refractivity (Wildman–Crippen MR) is 139 cm³/mol. The third-order valence-electron chi connectivity index (χ3n) is 5.96. The first kappa shape index (κ1) is 24.8. The van der Waals surface area contributed by atoms with Crippen LogP contribution in [-0.4, -0.2) is 53.3 Å². The molecule has 35 heavy (non-hydrogen) atoms. The fourth-order valence-electron chi connectivity index (χ4n) is 4.21. The SMILES string of the molecule is CCc1cccc2c(/C=C3\SC(=O)N(CCc4ccccc4)C3=O)cn(CC(=O)NCCOC)c12. The molecule has 2 heterocycles. The minimum absolute atomic E-state index is 0.113. The van der Waals surface area contributed by atoms with Crippen LogP contribution < -0.4 is 5.32 Å². The van der Waals surface area contributed by atoms with Crippen LogP contribution in [0.2, 0.25) is 0 Å². The first-order valence-electron chi connectivity index (χ1n) is 11.7. The van der Waals surface area contributed by atoms with Crippen molar-refractivity contribution in [1.29, 1.82) is 0 Å². The Morgan fingerprint density at radius 1 is 1.11 bits per heavy atom. The molecule has 4 rings (SSSR count). The summed E-state index contributed by atoms with van der Waals surface area (Å²) in [6, 6.07) is 15.8. The summed E-state index contributed by atoms with van der Waals surface area (Å²) in [4.78, 5) is 39.9. The van der Waals surface area contributed by atoms with E-state index in [0.717, 1.165) is 45.8 Å². The van der Waals surface area contributed by atoms with Crippen molar-refractivity contribution in [2.45, 2.75) is 26.3 Å². The zero-order valence-corrected chi connectivity index (χ0v) is 20.8. The molecule has 0 radical (unpaired) electrons. The number of benzene rings is 2. The van der Waals surface area contributed by atoms with Crippen LogP contribution >= 0.6 is 11.8 Å². The zero-order chi connectivity index (χ0) is 24.8. The van der Waals surface area contributed by atoms with Gasteiger partial charge in [0.05, 0.1) is 17.0 Å². The number of imide groups is 1. The molecule has 3 aromatic rings. The summed E-state index contributed by atoms with van der Waals surface area (Å²) < 4.78 is 6.92. The van der Waals surface area contributed by atoms with Crippen molar-refractivity contribution in [3.63, 3.8) is 0 Å². The van der Waals surface area contributed by atoms with E-state index < -0.39 is 0 Å². The molecule has 1 saturated heterocycles. The Balaban J connectivity index is 1.59. The number of nitrogens with one attached hydrogen (secondary N) is 1. The number of aryl methyl sites for hydroxylation is 1. The monoisotopic (exact) mass is 491 g/mol. The van der Waals surface area contributed by atoms with Crippen molar-refractivity contribution >= 4 is 45.8 Å². The number of nitrogens with zero attached hydrogens (tertiary/aromatic N) is 2. The predicted octanol–water partition coefficient (Wildman–Crippen LogP) is 4.25. The first-order valence-corrected chi connectivity index (χ1v) is 12.5. The first-order chi connectivity index (χ1) is 17.0. The van der Waals surface area contributed by atoms with Gasteiger partial charge < -0.3 is 14.6 Å². The van der Waals surface area contributed by atoms with E-state index in [9.17, 15) is 14.4 Å². The second-order valence-corrected chi connectivity index (χ2v) is 9.28. The maximum atomic E-state index is 13.1. The second kappa shape index (κ2) is 11.4. The lowest BCUT2D eigenvalue weighted by molar-refractivity contribution is -0.123. The molecule has 1 N–H and O–H groups in total. The van der Waals surface area contributed by atoms with Crippen LogP contribution in [0.4, 0.5) is 4.79 Å². The highest BCUT2D eigenvalue weighted by atomic mass is 32.2. The number of carbonyl (C=O) groups is 3. The van der Waals surface area contributed by atoms with Crippen LogP contribution in [0.3, 0.4) is 0 Å². The molecule has 2 aromatic carbocycles. The molecular weight excluding hydrogens is 462 g/mol. The second-order valence-electron chi connectivity index (χ2n) is 8.29. The number of hydrogen-bond donors (Lipinski definition) is 1. The normalized spacial score (nSPS) is 14.9. The summed E-state index contributed by atoms with van der Waals surface area (Å²) >= 11 is 0.963. The summed E-state index contributed by atoms with van der Waals surface area (Å²) in [5, 5.41) is 3.55. The van der Waals surface area contributed by atoms with Gasteiger partial charge in [-0.25, -0.2) is 0 Å². The van der Waals surface area contributed by atoms with Gasteiger partial charge in [-0.05, 0) is 41.8 Å². The fraction of sp³-hybridized carbons (Fsp3) is 0.296. The Morgan fingerprint density at radius 3 is 2.66 bits per heavy atom. The molecule has 1 fully saturated rings. The molecule has 0 aliphatic carbocycles. The van der Waals surface area contributed by atoms with Crippen molar-refractivity contribution in [2.75, 3.05) is 26.8 Å². The maximum absolute atomic E-state index is 13.1. The molecule has 3 amide bonds. The largest absolute Gasteiger partial charge is 0.383 e. The summed E-state index contributed by atoms with van der Waals surface area (Å²) in [7, 11) is 1.59. The highest BCUT2D eigenvalue weighted by Crippen LogP contribution is 2.35. The Labute approximate surface area is 209 Å². The Hall–Kier alpha value is -3.36. The van der Waals surface area contributed by atoms with E-state index >= 15 is 0 Å². The molecule has 0 spiro atoms. The van der Waals surface area contributed by atoms with Crippen molar-refractivity contribution in [1.82, 2.24) is 14.8 Å². The van der Waals surface area contributed by atoms with Crippen molar-refractivity contribution in [3.05, 3.63) is 76.3 Å². The van der Waals surface area contributed by atoms with Gasteiger partial charge in [0.2, 0.25) is 5.91 Å². The molecule has 0 unspecified atom stereocenters. The van der Waals surface area contributed by atoms with Gasteiger partial charge in [0.25, 0.3) is 11.1 Å². The average Bonchev–Trinajstić information content (AvgIpc) is 3.34. The van der Waals surface area contributed by atoms with E-state index in [0.29, 0.717) is 31.0 Å². The van der Waals surface area contributed by atoms with Crippen LogP contribution in [0.5, 0.6) is 0 Å². The van der Waals surface area contributed by atoms with Gasteiger partial charge >= 0.3 is 0 Å². The summed E-state index contributed by atoms with van der Waals surface area (Å²) in [5.74, 6) is -0.390. The van der Waals surface area contributed by atoms with Gasteiger partial charge in [-0.3, -0.25) is 19.3 Å². The average molecular weight is 492 g/mol.